The van der Waals surface area contributed by atoms with Gasteiger partial charge in [0.2, 0.25) is 0 Å². The summed E-state index contributed by atoms with van der Waals surface area (Å²) in [5.41, 5.74) is 2.18. The molecule has 184 valence electrons. The molecule has 1 N–H and O–H groups in total. The van der Waals surface area contributed by atoms with Crippen LogP contribution in [0.25, 0.3) is 10.9 Å². The second-order valence-corrected chi connectivity index (χ2v) is 6.90. The van der Waals surface area contributed by atoms with E-state index in [1.165, 1.54) is 23.8 Å². The van der Waals surface area contributed by atoms with E-state index in [4.69, 9.17) is 26.2 Å². The maximum Gasteiger partial charge on any atom is 0.341 e. The highest BCUT2D eigenvalue weighted by molar-refractivity contribution is 6.30. The fourth-order valence-corrected chi connectivity index (χ4v) is 2.87. The standard InChI is InChI=1S/C20H21NO6.C4H5Cl.C2H6/c1-5-13(6-2)20(25)21-12(3)15(10-19(24)27-11-18(22)23)16-9-14(26-4)7-8-17(16)21;1-3-4(2)5;1-2/h5-9H,1,10-11H2,2-4H3,(H,22,23);3H,1-2H2;1-2H3/b13-6+;;. The number of carbonyl (C=O) groups is 3. The van der Waals surface area contributed by atoms with Gasteiger partial charge in [-0.3, -0.25) is 14.2 Å². The monoisotopic (exact) mass is 489 g/mol. The number of hydrogen-bond donors (Lipinski definition) is 1. The van der Waals surface area contributed by atoms with E-state index in [2.05, 4.69) is 19.7 Å². The molecule has 1 heterocycles. The molecule has 0 aliphatic heterocycles. The van der Waals surface area contributed by atoms with Crippen molar-refractivity contribution in [3.63, 3.8) is 0 Å². The normalized spacial score (nSPS) is 10.1. The Kier molecular flexibility index (Phi) is 13.7. The van der Waals surface area contributed by atoms with E-state index in [-0.39, 0.29) is 12.3 Å². The lowest BCUT2D eigenvalue weighted by Crippen LogP contribution is -2.16. The molecule has 0 atom stereocenters. The Morgan fingerprint density at radius 3 is 2.21 bits per heavy atom. The highest BCUT2D eigenvalue weighted by atomic mass is 35.5. The summed E-state index contributed by atoms with van der Waals surface area (Å²) in [5, 5.41) is 9.81. The van der Waals surface area contributed by atoms with Crippen LogP contribution in [-0.2, 0) is 20.7 Å². The van der Waals surface area contributed by atoms with Gasteiger partial charge < -0.3 is 14.6 Å². The number of rotatable bonds is 8. The number of methoxy groups -OCH3 is 1. The van der Waals surface area contributed by atoms with Crippen LogP contribution in [0.1, 0.15) is 36.8 Å². The number of ether oxygens (including phenoxy) is 2. The molecule has 0 aliphatic rings. The minimum absolute atomic E-state index is 0.164. The minimum Gasteiger partial charge on any atom is -0.497 e. The van der Waals surface area contributed by atoms with Crippen molar-refractivity contribution in [1.82, 2.24) is 4.57 Å². The maximum atomic E-state index is 12.9. The van der Waals surface area contributed by atoms with E-state index < -0.39 is 18.5 Å². The van der Waals surface area contributed by atoms with Gasteiger partial charge in [-0.2, -0.15) is 0 Å². The van der Waals surface area contributed by atoms with Gasteiger partial charge in [0.1, 0.15) is 5.75 Å². The largest absolute Gasteiger partial charge is 0.497 e. The number of carbonyl (C=O) groups excluding carboxylic acids is 2. The van der Waals surface area contributed by atoms with Gasteiger partial charge in [-0.05, 0) is 37.6 Å². The van der Waals surface area contributed by atoms with E-state index in [1.54, 1.807) is 38.1 Å². The highest BCUT2D eigenvalue weighted by Crippen LogP contribution is 2.31. The zero-order valence-corrected chi connectivity index (χ0v) is 21.1. The first-order valence-corrected chi connectivity index (χ1v) is 10.8. The van der Waals surface area contributed by atoms with Crippen molar-refractivity contribution in [2.24, 2.45) is 0 Å². The number of carboxylic acids is 1. The van der Waals surface area contributed by atoms with Gasteiger partial charge in [0, 0.05) is 21.7 Å². The Labute approximate surface area is 205 Å². The number of nitrogens with zero attached hydrogens (tertiary/aromatic N) is 1. The van der Waals surface area contributed by atoms with Crippen LogP contribution in [0, 0.1) is 6.92 Å². The molecule has 2 aromatic rings. The highest BCUT2D eigenvalue weighted by Gasteiger charge is 2.22. The van der Waals surface area contributed by atoms with E-state index >= 15 is 0 Å². The third-order valence-corrected chi connectivity index (χ3v) is 4.58. The van der Waals surface area contributed by atoms with Crippen molar-refractivity contribution in [3.05, 3.63) is 78.0 Å². The molecule has 8 heteroatoms. The molecular formula is C26H32ClNO6. The Morgan fingerprint density at radius 1 is 1.18 bits per heavy atom. The first kappa shape index (κ1) is 30.4. The summed E-state index contributed by atoms with van der Waals surface area (Å²) in [7, 11) is 1.52. The van der Waals surface area contributed by atoms with Crippen LogP contribution in [0.5, 0.6) is 5.75 Å². The Bertz CT molecular complexity index is 1090. The van der Waals surface area contributed by atoms with Gasteiger partial charge in [0.05, 0.1) is 19.0 Å². The molecule has 0 fully saturated rings. The van der Waals surface area contributed by atoms with Crippen LogP contribution in [0.15, 0.2) is 66.8 Å². The molecule has 1 aromatic heterocycles. The quantitative estimate of drug-likeness (QED) is 0.284. The van der Waals surface area contributed by atoms with Gasteiger partial charge in [-0.1, -0.05) is 63.4 Å². The average Bonchev–Trinajstić information content (AvgIpc) is 3.10. The zero-order chi connectivity index (χ0) is 26.4. The molecule has 0 unspecified atom stereocenters. The van der Waals surface area contributed by atoms with Crippen molar-refractivity contribution in [1.29, 1.82) is 0 Å². The summed E-state index contributed by atoms with van der Waals surface area (Å²) in [6.07, 6.45) is 4.45. The van der Waals surface area contributed by atoms with Gasteiger partial charge in [-0.25, -0.2) is 4.79 Å². The molecule has 0 spiro atoms. The maximum absolute atomic E-state index is 12.9. The van der Waals surface area contributed by atoms with Crippen LogP contribution in [0.3, 0.4) is 0 Å². The summed E-state index contributed by atoms with van der Waals surface area (Å²) in [5.74, 6) is -1.62. The number of aliphatic carboxylic acids is 1. The number of fused-ring (bicyclic) bond motifs is 1. The predicted molar refractivity (Wildman–Crippen MR) is 137 cm³/mol. The van der Waals surface area contributed by atoms with Gasteiger partial charge in [0.25, 0.3) is 5.91 Å². The summed E-state index contributed by atoms with van der Waals surface area (Å²) in [6, 6.07) is 5.19. The molecule has 1 aromatic carbocycles. The number of allylic oxidation sites excluding steroid dienone is 5. The summed E-state index contributed by atoms with van der Waals surface area (Å²) in [4.78, 5) is 35.6. The van der Waals surface area contributed by atoms with Crippen molar-refractivity contribution in [2.75, 3.05) is 13.7 Å². The Morgan fingerprint density at radius 2 is 1.76 bits per heavy atom. The van der Waals surface area contributed by atoms with E-state index in [0.717, 1.165) is 0 Å². The van der Waals surface area contributed by atoms with Gasteiger partial charge in [0.15, 0.2) is 6.61 Å². The van der Waals surface area contributed by atoms with Crippen LogP contribution in [-0.4, -0.2) is 41.2 Å². The number of carboxylic acid groups (broad SMARTS) is 1. The van der Waals surface area contributed by atoms with E-state index in [1.807, 2.05) is 13.8 Å². The third-order valence-electron chi connectivity index (χ3n) is 4.42. The average molecular weight is 490 g/mol. The molecule has 0 saturated heterocycles. The molecule has 7 nitrogen and oxygen atoms in total. The lowest BCUT2D eigenvalue weighted by Gasteiger charge is -2.08. The Hall–Kier alpha value is -3.58. The van der Waals surface area contributed by atoms with Gasteiger partial charge >= 0.3 is 11.9 Å². The second-order valence-electron chi connectivity index (χ2n) is 6.42. The lowest BCUT2D eigenvalue weighted by molar-refractivity contribution is -0.154. The molecule has 0 amide bonds. The first-order chi connectivity index (χ1) is 16.1. The van der Waals surface area contributed by atoms with Crippen LogP contribution in [0.4, 0.5) is 0 Å². The summed E-state index contributed by atoms with van der Waals surface area (Å²) in [6.45, 7) is 17.1. The lowest BCUT2D eigenvalue weighted by atomic mass is 10.1. The van der Waals surface area contributed by atoms with E-state index in [0.29, 0.717) is 38.5 Å². The number of aromatic nitrogens is 1. The number of benzene rings is 1. The summed E-state index contributed by atoms with van der Waals surface area (Å²) >= 11 is 5.15. The van der Waals surface area contributed by atoms with Crippen molar-refractivity contribution in [2.45, 2.75) is 34.1 Å². The summed E-state index contributed by atoms with van der Waals surface area (Å²) < 4.78 is 11.5. The molecule has 34 heavy (non-hydrogen) atoms. The third kappa shape index (κ3) is 8.41. The topological polar surface area (TPSA) is 94.8 Å². The minimum atomic E-state index is -1.23. The number of esters is 1. The van der Waals surface area contributed by atoms with Crippen molar-refractivity contribution >= 4 is 40.3 Å². The van der Waals surface area contributed by atoms with Crippen LogP contribution < -0.4 is 4.74 Å². The van der Waals surface area contributed by atoms with Gasteiger partial charge in [-0.15, -0.1) is 0 Å². The molecule has 0 saturated carbocycles. The Balaban J connectivity index is 0.00000138. The zero-order valence-electron chi connectivity index (χ0n) is 20.3. The fraction of sp³-hybridized carbons (Fsp3) is 0.269. The SMILES string of the molecule is C=C/C(=C\C)C(=O)n1c(C)c(CC(=O)OCC(=O)O)c2cc(OC)ccc21.C=CC(=C)Cl.CC. The molecular weight excluding hydrogens is 458 g/mol. The smallest absolute Gasteiger partial charge is 0.341 e. The molecule has 0 bridgehead atoms. The van der Waals surface area contributed by atoms with Crippen molar-refractivity contribution < 1.29 is 29.0 Å². The molecule has 2 rings (SSSR count). The number of hydrogen-bond acceptors (Lipinski definition) is 5. The first-order valence-electron chi connectivity index (χ1n) is 10.5. The fourth-order valence-electron chi connectivity index (χ4n) is 2.87. The molecule has 0 aliphatic carbocycles. The second kappa shape index (κ2) is 15.3. The number of halogens is 1. The van der Waals surface area contributed by atoms with Crippen LogP contribution >= 0.6 is 11.6 Å². The van der Waals surface area contributed by atoms with Crippen LogP contribution in [0.2, 0.25) is 0 Å². The molecule has 0 radical (unpaired) electrons. The van der Waals surface area contributed by atoms with Crippen molar-refractivity contribution in [3.8, 4) is 5.75 Å². The predicted octanol–water partition coefficient (Wildman–Crippen LogP) is 5.85. The van der Waals surface area contributed by atoms with E-state index in [9.17, 15) is 14.4 Å².